The van der Waals surface area contributed by atoms with Crippen LogP contribution < -0.4 is 0 Å². The summed E-state index contributed by atoms with van der Waals surface area (Å²) in [7, 11) is -2.36. The van der Waals surface area contributed by atoms with Crippen LogP contribution in [0.3, 0.4) is 0 Å². The van der Waals surface area contributed by atoms with Gasteiger partial charge in [-0.15, -0.1) is 0 Å². The molecule has 3 heteroatoms. The third-order valence-corrected chi connectivity index (χ3v) is 6.31. The minimum absolute atomic E-state index is 0.585. The first-order chi connectivity index (χ1) is 8.00. The summed E-state index contributed by atoms with van der Waals surface area (Å²) < 4.78 is 18.3. The van der Waals surface area contributed by atoms with Gasteiger partial charge in [-0.2, -0.15) is 0 Å². The fourth-order valence-corrected chi connectivity index (χ4v) is 5.04. The van der Waals surface area contributed by atoms with E-state index in [1.807, 2.05) is 0 Å². The van der Waals surface area contributed by atoms with E-state index in [1.165, 1.54) is 30.4 Å². The van der Waals surface area contributed by atoms with Crippen LogP contribution in [0.15, 0.2) is 11.1 Å². The largest absolute Gasteiger partial charge is 0.328 e. The van der Waals surface area contributed by atoms with Crippen molar-refractivity contribution in [2.75, 3.05) is 18.9 Å². The lowest BCUT2D eigenvalue weighted by molar-refractivity contribution is 0.236. The molecule has 1 rings (SSSR count). The van der Waals surface area contributed by atoms with E-state index >= 15 is 0 Å². The van der Waals surface area contributed by atoms with E-state index < -0.39 is 7.37 Å². The minimum Gasteiger partial charge on any atom is -0.328 e. The van der Waals surface area contributed by atoms with Gasteiger partial charge in [0.25, 0.3) is 0 Å². The van der Waals surface area contributed by atoms with E-state index in [4.69, 9.17) is 4.52 Å². The molecule has 1 heterocycles. The molecule has 1 atom stereocenters. The number of rotatable bonds is 7. The summed E-state index contributed by atoms with van der Waals surface area (Å²) in [5, 5.41) is 0. The van der Waals surface area contributed by atoms with E-state index in [1.54, 1.807) is 0 Å². The monoisotopic (exact) mass is 258 g/mol. The molecule has 0 aliphatic carbocycles. The Morgan fingerprint density at radius 3 is 2.29 bits per heavy atom. The van der Waals surface area contributed by atoms with Crippen molar-refractivity contribution in [3.05, 3.63) is 11.1 Å². The van der Waals surface area contributed by atoms with Gasteiger partial charge in [0.1, 0.15) is 0 Å². The Balaban J connectivity index is 2.38. The highest BCUT2D eigenvalue weighted by Gasteiger charge is 2.31. The lowest BCUT2D eigenvalue weighted by Gasteiger charge is -2.19. The van der Waals surface area contributed by atoms with Crippen LogP contribution in [0.4, 0.5) is 0 Å². The van der Waals surface area contributed by atoms with Crippen LogP contribution in [0.2, 0.25) is 0 Å². The van der Waals surface area contributed by atoms with Gasteiger partial charge in [-0.25, -0.2) is 0 Å². The van der Waals surface area contributed by atoms with Gasteiger partial charge in [-0.05, 0) is 26.2 Å². The van der Waals surface area contributed by atoms with Crippen molar-refractivity contribution in [2.24, 2.45) is 5.92 Å². The predicted octanol–water partition coefficient (Wildman–Crippen LogP) is 4.85. The molecule has 100 valence electrons. The molecule has 0 spiro atoms. The second-order valence-electron chi connectivity index (χ2n) is 5.40. The van der Waals surface area contributed by atoms with E-state index in [2.05, 4.69) is 27.7 Å². The van der Waals surface area contributed by atoms with Gasteiger partial charge in [-0.3, -0.25) is 4.57 Å². The first-order valence-electron chi connectivity index (χ1n) is 6.88. The zero-order valence-corrected chi connectivity index (χ0v) is 12.7. The Morgan fingerprint density at radius 1 is 1.24 bits per heavy atom. The maximum atomic E-state index is 12.5. The van der Waals surface area contributed by atoms with Crippen LogP contribution in [0.5, 0.6) is 0 Å². The van der Waals surface area contributed by atoms with Crippen LogP contribution in [-0.4, -0.2) is 18.9 Å². The molecular weight excluding hydrogens is 231 g/mol. The first-order valence-corrected chi connectivity index (χ1v) is 8.88. The molecule has 0 amide bonds. The van der Waals surface area contributed by atoms with Gasteiger partial charge in [0, 0.05) is 12.3 Å². The number of hydrogen-bond donors (Lipinski definition) is 0. The average Bonchev–Trinajstić information content (AvgIpc) is 2.54. The Hall–Kier alpha value is -0.0700. The Labute approximate surface area is 106 Å². The van der Waals surface area contributed by atoms with Gasteiger partial charge in [0.05, 0.1) is 6.61 Å². The Morgan fingerprint density at radius 2 is 1.82 bits per heavy atom. The predicted molar refractivity (Wildman–Crippen MR) is 75.0 cm³/mol. The van der Waals surface area contributed by atoms with Crippen LogP contribution >= 0.6 is 7.37 Å². The van der Waals surface area contributed by atoms with Gasteiger partial charge >= 0.3 is 0 Å². The smallest absolute Gasteiger partial charge is 0.211 e. The standard InChI is InChI=1S/C14H27O2P/c1-5-7-8-14(6-2)9-16-17(15)10-12(3)13(4)11-17/h14H,5-11H2,1-4H3. The maximum absolute atomic E-state index is 12.5. The van der Waals surface area contributed by atoms with E-state index in [0.717, 1.165) is 6.42 Å². The zero-order chi connectivity index (χ0) is 12.9. The third kappa shape index (κ3) is 4.60. The highest BCUT2D eigenvalue weighted by Crippen LogP contribution is 2.55. The fourth-order valence-electron chi connectivity index (χ4n) is 2.28. The summed E-state index contributed by atoms with van der Waals surface area (Å²) in [6.07, 6.45) is 6.19. The molecule has 0 aromatic carbocycles. The fraction of sp³-hybridized carbons (Fsp3) is 0.857. The molecule has 0 aromatic rings. The zero-order valence-electron chi connectivity index (χ0n) is 11.8. The Bertz CT molecular complexity index is 302. The van der Waals surface area contributed by atoms with Crippen LogP contribution in [0, 0.1) is 5.92 Å². The minimum atomic E-state index is -2.36. The van der Waals surface area contributed by atoms with Gasteiger partial charge < -0.3 is 4.52 Å². The second kappa shape index (κ2) is 6.75. The van der Waals surface area contributed by atoms with Crippen molar-refractivity contribution in [1.82, 2.24) is 0 Å². The molecule has 0 bridgehead atoms. The van der Waals surface area contributed by atoms with E-state index in [-0.39, 0.29) is 0 Å². The lowest BCUT2D eigenvalue weighted by Crippen LogP contribution is -2.08. The maximum Gasteiger partial charge on any atom is 0.211 e. The lowest BCUT2D eigenvalue weighted by atomic mass is 10.0. The number of unbranched alkanes of at least 4 members (excludes halogenated alkanes) is 1. The molecule has 2 nitrogen and oxygen atoms in total. The van der Waals surface area contributed by atoms with Crippen molar-refractivity contribution < 1.29 is 9.09 Å². The summed E-state index contributed by atoms with van der Waals surface area (Å²) in [6, 6.07) is 0. The van der Waals surface area contributed by atoms with E-state index in [9.17, 15) is 4.57 Å². The molecule has 0 saturated heterocycles. The van der Waals surface area contributed by atoms with Crippen LogP contribution in [0.1, 0.15) is 53.4 Å². The summed E-state index contributed by atoms with van der Waals surface area (Å²) in [5.74, 6) is 0.585. The third-order valence-electron chi connectivity index (χ3n) is 3.77. The summed E-state index contributed by atoms with van der Waals surface area (Å²) >= 11 is 0. The molecule has 1 aliphatic heterocycles. The molecule has 0 radical (unpaired) electrons. The molecule has 0 saturated carbocycles. The average molecular weight is 258 g/mol. The molecule has 1 aliphatic rings. The molecule has 0 N–H and O–H groups in total. The highest BCUT2D eigenvalue weighted by atomic mass is 31.2. The normalized spacial score (nSPS) is 20.9. The second-order valence-corrected chi connectivity index (χ2v) is 7.92. The van der Waals surface area contributed by atoms with Crippen molar-refractivity contribution >= 4 is 7.37 Å². The quantitative estimate of drug-likeness (QED) is 0.482. The topological polar surface area (TPSA) is 26.3 Å². The summed E-state index contributed by atoms with van der Waals surface area (Å²) in [5.41, 5.74) is 2.55. The van der Waals surface area contributed by atoms with Crippen molar-refractivity contribution in [3.8, 4) is 0 Å². The molecule has 1 unspecified atom stereocenters. The highest BCUT2D eigenvalue weighted by molar-refractivity contribution is 7.59. The SMILES string of the molecule is CCCCC(CC)COP1(=O)CC(C)=C(C)C1. The number of hydrogen-bond acceptors (Lipinski definition) is 2. The van der Waals surface area contributed by atoms with Crippen LogP contribution in [0.25, 0.3) is 0 Å². The van der Waals surface area contributed by atoms with Gasteiger partial charge in [-0.1, -0.05) is 44.3 Å². The molecule has 0 aromatic heterocycles. The summed E-state index contributed by atoms with van der Waals surface area (Å²) in [6.45, 7) is 9.25. The molecule has 17 heavy (non-hydrogen) atoms. The van der Waals surface area contributed by atoms with Crippen LogP contribution in [-0.2, 0) is 9.09 Å². The molecular formula is C14H27O2P. The Kier molecular flexibility index (Phi) is 5.95. The summed E-state index contributed by atoms with van der Waals surface area (Å²) in [4.78, 5) is 0. The van der Waals surface area contributed by atoms with Crippen molar-refractivity contribution in [2.45, 2.75) is 53.4 Å². The van der Waals surface area contributed by atoms with Crippen molar-refractivity contribution in [3.63, 3.8) is 0 Å². The first kappa shape index (κ1) is 15.0. The van der Waals surface area contributed by atoms with Gasteiger partial charge in [0.2, 0.25) is 7.37 Å². The van der Waals surface area contributed by atoms with Gasteiger partial charge in [0.15, 0.2) is 0 Å². The molecule has 0 fully saturated rings. The van der Waals surface area contributed by atoms with Crippen molar-refractivity contribution in [1.29, 1.82) is 0 Å². The van der Waals surface area contributed by atoms with E-state index in [0.29, 0.717) is 24.8 Å². The number of allylic oxidation sites excluding steroid dienone is 2.